The largest absolute Gasteiger partial charge is 0.329 e. The lowest BCUT2D eigenvalue weighted by atomic mass is 10.1. The second kappa shape index (κ2) is 5.48. The first-order chi connectivity index (χ1) is 8.60. The number of benzene rings is 1. The van der Waals surface area contributed by atoms with Crippen LogP contribution in [0.2, 0.25) is 0 Å². The standard InChI is InChI=1S/C14H16BrN3/c1-4-11-5-7-12(8-6-11)18(3)14-9-13(15)16-10(2)17-14/h5-9H,4H2,1-3H3. The van der Waals surface area contributed by atoms with Crippen molar-refractivity contribution in [1.82, 2.24) is 9.97 Å². The van der Waals surface area contributed by atoms with Crippen LogP contribution >= 0.6 is 15.9 Å². The van der Waals surface area contributed by atoms with E-state index >= 15 is 0 Å². The van der Waals surface area contributed by atoms with Crippen molar-refractivity contribution in [2.75, 3.05) is 11.9 Å². The van der Waals surface area contributed by atoms with Gasteiger partial charge in [-0.3, -0.25) is 0 Å². The molecule has 0 atom stereocenters. The quantitative estimate of drug-likeness (QED) is 0.806. The number of rotatable bonds is 3. The zero-order chi connectivity index (χ0) is 13.1. The number of aromatic nitrogens is 2. The molecule has 0 aliphatic heterocycles. The number of aryl methyl sites for hydroxylation is 2. The van der Waals surface area contributed by atoms with Gasteiger partial charge in [-0.15, -0.1) is 0 Å². The summed E-state index contributed by atoms with van der Waals surface area (Å²) in [5, 5.41) is 0. The number of anilines is 2. The molecule has 0 spiro atoms. The molecular weight excluding hydrogens is 290 g/mol. The van der Waals surface area contributed by atoms with Crippen LogP contribution in [0.4, 0.5) is 11.5 Å². The fraction of sp³-hybridized carbons (Fsp3) is 0.286. The minimum Gasteiger partial charge on any atom is -0.329 e. The Hall–Kier alpha value is -1.42. The number of halogens is 1. The highest BCUT2D eigenvalue weighted by Crippen LogP contribution is 2.24. The summed E-state index contributed by atoms with van der Waals surface area (Å²) in [6.45, 7) is 4.05. The van der Waals surface area contributed by atoms with E-state index in [0.717, 1.165) is 28.4 Å². The maximum absolute atomic E-state index is 4.44. The number of hydrogen-bond acceptors (Lipinski definition) is 3. The summed E-state index contributed by atoms with van der Waals surface area (Å²) in [5.74, 6) is 1.65. The molecular formula is C14H16BrN3. The van der Waals surface area contributed by atoms with Gasteiger partial charge in [0.25, 0.3) is 0 Å². The lowest BCUT2D eigenvalue weighted by Crippen LogP contribution is -2.12. The molecule has 0 fully saturated rings. The topological polar surface area (TPSA) is 29.0 Å². The molecule has 18 heavy (non-hydrogen) atoms. The van der Waals surface area contributed by atoms with Crippen molar-refractivity contribution in [3.8, 4) is 0 Å². The molecule has 0 radical (unpaired) electrons. The van der Waals surface area contributed by atoms with E-state index < -0.39 is 0 Å². The van der Waals surface area contributed by atoms with Crippen LogP contribution in [0.1, 0.15) is 18.3 Å². The smallest absolute Gasteiger partial charge is 0.137 e. The summed E-state index contributed by atoms with van der Waals surface area (Å²) in [7, 11) is 2.01. The highest BCUT2D eigenvalue weighted by atomic mass is 79.9. The molecule has 0 aliphatic carbocycles. The predicted octanol–water partition coefficient (Wildman–Crippen LogP) is 3.88. The van der Waals surface area contributed by atoms with E-state index in [1.54, 1.807) is 0 Å². The molecule has 0 aliphatic rings. The lowest BCUT2D eigenvalue weighted by Gasteiger charge is -2.19. The summed E-state index contributed by atoms with van der Waals surface area (Å²) in [4.78, 5) is 10.7. The van der Waals surface area contributed by atoms with Crippen molar-refractivity contribution in [1.29, 1.82) is 0 Å². The Morgan fingerprint density at radius 1 is 1.17 bits per heavy atom. The van der Waals surface area contributed by atoms with E-state index in [9.17, 15) is 0 Å². The highest BCUT2D eigenvalue weighted by Gasteiger charge is 2.07. The van der Waals surface area contributed by atoms with Gasteiger partial charge in [0.05, 0.1) is 0 Å². The molecule has 0 amide bonds. The van der Waals surface area contributed by atoms with Gasteiger partial charge in [-0.2, -0.15) is 0 Å². The van der Waals surface area contributed by atoms with Crippen molar-refractivity contribution >= 4 is 27.4 Å². The van der Waals surface area contributed by atoms with Crippen molar-refractivity contribution in [3.05, 3.63) is 46.3 Å². The van der Waals surface area contributed by atoms with E-state index in [4.69, 9.17) is 0 Å². The minimum atomic E-state index is 0.761. The SMILES string of the molecule is CCc1ccc(N(C)c2cc(Br)nc(C)n2)cc1. The summed E-state index contributed by atoms with van der Waals surface area (Å²) in [6.07, 6.45) is 1.06. The van der Waals surface area contributed by atoms with Crippen molar-refractivity contribution < 1.29 is 0 Å². The third-order valence-electron chi connectivity index (χ3n) is 2.87. The Kier molecular flexibility index (Phi) is 3.97. The van der Waals surface area contributed by atoms with Crippen LogP contribution in [0.3, 0.4) is 0 Å². The first-order valence-corrected chi connectivity index (χ1v) is 6.73. The van der Waals surface area contributed by atoms with Crippen LogP contribution in [0.25, 0.3) is 0 Å². The van der Waals surface area contributed by atoms with E-state index in [1.807, 2.05) is 20.0 Å². The Morgan fingerprint density at radius 2 is 1.83 bits per heavy atom. The van der Waals surface area contributed by atoms with Crippen LogP contribution in [0.5, 0.6) is 0 Å². The van der Waals surface area contributed by atoms with Crippen LogP contribution in [0.15, 0.2) is 34.9 Å². The Labute approximate surface area is 116 Å². The molecule has 1 aromatic heterocycles. The molecule has 0 saturated carbocycles. The van der Waals surface area contributed by atoms with Crippen LogP contribution in [0, 0.1) is 6.92 Å². The molecule has 94 valence electrons. The van der Waals surface area contributed by atoms with E-state index in [2.05, 4.69) is 62.0 Å². The van der Waals surface area contributed by atoms with E-state index in [-0.39, 0.29) is 0 Å². The average molecular weight is 306 g/mol. The van der Waals surface area contributed by atoms with Gasteiger partial charge in [0.1, 0.15) is 16.2 Å². The molecule has 0 N–H and O–H groups in total. The summed E-state index contributed by atoms with van der Waals surface area (Å²) in [5.41, 5.74) is 2.46. The molecule has 0 saturated heterocycles. The first-order valence-electron chi connectivity index (χ1n) is 5.94. The third kappa shape index (κ3) is 2.88. The maximum Gasteiger partial charge on any atom is 0.137 e. The predicted molar refractivity (Wildman–Crippen MR) is 78.4 cm³/mol. The molecule has 0 unspecified atom stereocenters. The Morgan fingerprint density at radius 3 is 2.39 bits per heavy atom. The normalized spacial score (nSPS) is 10.4. The van der Waals surface area contributed by atoms with E-state index in [0.29, 0.717) is 0 Å². The summed E-state index contributed by atoms with van der Waals surface area (Å²) in [6, 6.07) is 10.4. The highest BCUT2D eigenvalue weighted by molar-refractivity contribution is 9.10. The molecule has 0 bridgehead atoms. The van der Waals surface area contributed by atoms with E-state index in [1.165, 1.54) is 5.56 Å². The second-order valence-corrected chi connectivity index (χ2v) is 4.99. The molecule has 4 heteroatoms. The first kappa shape index (κ1) is 13.0. The van der Waals surface area contributed by atoms with Gasteiger partial charge in [0.2, 0.25) is 0 Å². The van der Waals surface area contributed by atoms with Gasteiger partial charge in [0, 0.05) is 18.8 Å². The van der Waals surface area contributed by atoms with Crippen molar-refractivity contribution in [2.45, 2.75) is 20.3 Å². The maximum atomic E-state index is 4.44. The lowest BCUT2D eigenvalue weighted by molar-refractivity contribution is 0.997. The monoisotopic (exact) mass is 305 g/mol. The average Bonchev–Trinajstić information content (AvgIpc) is 2.37. The molecule has 1 aromatic carbocycles. The minimum absolute atomic E-state index is 0.761. The van der Waals surface area contributed by atoms with Crippen LogP contribution in [-0.4, -0.2) is 17.0 Å². The summed E-state index contributed by atoms with van der Waals surface area (Å²) < 4.78 is 0.807. The molecule has 2 aromatic rings. The molecule has 2 rings (SSSR count). The number of nitrogens with zero attached hydrogens (tertiary/aromatic N) is 3. The van der Waals surface area contributed by atoms with Gasteiger partial charge < -0.3 is 4.90 Å². The molecule has 3 nitrogen and oxygen atoms in total. The fourth-order valence-corrected chi connectivity index (χ4v) is 2.24. The zero-order valence-corrected chi connectivity index (χ0v) is 12.4. The van der Waals surface area contributed by atoms with Crippen LogP contribution in [-0.2, 0) is 6.42 Å². The van der Waals surface area contributed by atoms with Gasteiger partial charge in [-0.05, 0) is 47.0 Å². The fourth-order valence-electron chi connectivity index (χ4n) is 1.78. The molecule has 1 heterocycles. The Bertz CT molecular complexity index is 517. The zero-order valence-electron chi connectivity index (χ0n) is 10.8. The Balaban J connectivity index is 2.31. The second-order valence-electron chi connectivity index (χ2n) is 4.18. The van der Waals surface area contributed by atoms with Crippen molar-refractivity contribution in [3.63, 3.8) is 0 Å². The summed E-state index contributed by atoms with van der Waals surface area (Å²) >= 11 is 3.40. The van der Waals surface area contributed by atoms with Crippen molar-refractivity contribution in [2.24, 2.45) is 0 Å². The van der Waals surface area contributed by atoms with Gasteiger partial charge in [0.15, 0.2) is 0 Å². The third-order valence-corrected chi connectivity index (χ3v) is 3.27. The van der Waals surface area contributed by atoms with Crippen LogP contribution < -0.4 is 4.90 Å². The van der Waals surface area contributed by atoms with Gasteiger partial charge in [-0.1, -0.05) is 19.1 Å². The number of hydrogen-bond donors (Lipinski definition) is 0. The van der Waals surface area contributed by atoms with Gasteiger partial charge in [-0.25, -0.2) is 9.97 Å². The van der Waals surface area contributed by atoms with Gasteiger partial charge >= 0.3 is 0 Å².